The monoisotopic (exact) mass is 400 g/mol. The van der Waals surface area contributed by atoms with E-state index in [1.54, 1.807) is 0 Å². The van der Waals surface area contributed by atoms with Gasteiger partial charge < -0.3 is 10.6 Å². The minimum Gasteiger partial charge on any atom is -0.383 e. The van der Waals surface area contributed by atoms with Crippen molar-refractivity contribution in [2.75, 3.05) is 28.7 Å². The number of carbonyl (C=O) groups is 1. The number of hydrogen-bond acceptors (Lipinski definition) is 6. The first-order chi connectivity index (χ1) is 12.4. The lowest BCUT2D eigenvalue weighted by Gasteiger charge is -2.28. The zero-order chi connectivity index (χ0) is 20.5. The molecule has 0 aliphatic carbocycles. The number of rotatable bonds is 6. The fourth-order valence-corrected chi connectivity index (χ4v) is 4.98. The molecule has 1 aromatic heterocycles. The van der Waals surface area contributed by atoms with E-state index in [-0.39, 0.29) is 54.4 Å². The minimum atomic E-state index is -3.26. The van der Waals surface area contributed by atoms with Gasteiger partial charge in [0.15, 0.2) is 15.5 Å². The zero-order valence-corrected chi connectivity index (χ0v) is 17.0. The molecule has 3 N–H and O–H groups in total. The topological polar surface area (TPSA) is 135 Å². The van der Waals surface area contributed by atoms with Crippen LogP contribution in [0.5, 0.6) is 0 Å². The van der Waals surface area contributed by atoms with Crippen molar-refractivity contribution in [3.8, 4) is 0 Å². The van der Waals surface area contributed by atoms with E-state index in [0.717, 1.165) is 0 Å². The Bertz CT molecular complexity index is 930. The average molecular weight is 401 g/mol. The number of amides is 1. The van der Waals surface area contributed by atoms with Crippen LogP contribution in [0, 0.1) is 17.8 Å². The lowest BCUT2D eigenvalue weighted by molar-refractivity contribution is -0.121. The van der Waals surface area contributed by atoms with Crippen LogP contribution in [-0.2, 0) is 21.2 Å². The van der Waals surface area contributed by atoms with E-state index < -0.39 is 32.9 Å². The molecule has 0 aromatic carbocycles. The highest BCUT2D eigenvalue weighted by molar-refractivity contribution is 7.91. The number of sulfone groups is 1. The largest absolute Gasteiger partial charge is 0.383 e. The predicted molar refractivity (Wildman–Crippen MR) is 105 cm³/mol. The second kappa shape index (κ2) is 7.87. The summed E-state index contributed by atoms with van der Waals surface area (Å²) < 4.78 is 24.8. The van der Waals surface area contributed by atoms with Gasteiger partial charge >= 0.3 is 5.69 Å². The van der Waals surface area contributed by atoms with E-state index >= 15 is 0 Å². The number of nitrogens with zero attached hydrogens (tertiary/aromatic N) is 2. The first kappa shape index (κ1) is 21.2. The maximum Gasteiger partial charge on any atom is 0.330 e. The summed E-state index contributed by atoms with van der Waals surface area (Å²) in [5, 5.41) is 0. The summed E-state index contributed by atoms with van der Waals surface area (Å²) in [6, 6.07) is 0. The Morgan fingerprint density at radius 2 is 1.89 bits per heavy atom. The first-order valence-corrected chi connectivity index (χ1v) is 10.9. The van der Waals surface area contributed by atoms with Gasteiger partial charge in [-0.15, -0.1) is 0 Å². The summed E-state index contributed by atoms with van der Waals surface area (Å²) in [6.07, 6.45) is 0.221. The molecule has 0 saturated carbocycles. The SMILES string of the molecule is CC(C)CN(C(=O)[C@H]1CCS(=O)(=O)C1)c1c(N)n(CC(C)C)c(=O)[nH]c1=O. The second-order valence-electron chi connectivity index (χ2n) is 7.94. The molecule has 0 radical (unpaired) electrons. The molecule has 2 rings (SSSR count). The highest BCUT2D eigenvalue weighted by Gasteiger charge is 2.37. The maximum atomic E-state index is 13.1. The van der Waals surface area contributed by atoms with Crippen LogP contribution >= 0.6 is 0 Å². The number of nitrogen functional groups attached to an aromatic ring is 1. The third-order valence-corrected chi connectivity index (χ3v) is 6.20. The van der Waals surface area contributed by atoms with E-state index in [1.807, 2.05) is 27.7 Å². The summed E-state index contributed by atoms with van der Waals surface area (Å²) >= 11 is 0. The molecule has 1 aliphatic heterocycles. The molecule has 1 atom stereocenters. The molecule has 2 heterocycles. The number of H-pyrrole nitrogens is 1. The van der Waals surface area contributed by atoms with Gasteiger partial charge in [0, 0.05) is 13.1 Å². The van der Waals surface area contributed by atoms with Gasteiger partial charge in [0.05, 0.1) is 17.4 Å². The van der Waals surface area contributed by atoms with Crippen molar-refractivity contribution in [1.82, 2.24) is 9.55 Å². The van der Waals surface area contributed by atoms with Crippen molar-refractivity contribution in [1.29, 1.82) is 0 Å². The molecule has 0 spiro atoms. The van der Waals surface area contributed by atoms with Gasteiger partial charge in [-0.1, -0.05) is 27.7 Å². The van der Waals surface area contributed by atoms with Gasteiger partial charge in [0.2, 0.25) is 5.91 Å². The Hall–Kier alpha value is -2.10. The molecule has 1 amide bonds. The summed E-state index contributed by atoms with van der Waals surface area (Å²) in [7, 11) is -3.26. The third-order valence-electron chi connectivity index (χ3n) is 4.43. The lowest BCUT2D eigenvalue weighted by Crippen LogP contribution is -2.45. The van der Waals surface area contributed by atoms with E-state index in [9.17, 15) is 22.8 Å². The van der Waals surface area contributed by atoms with E-state index in [0.29, 0.717) is 0 Å². The molecule has 1 aromatic rings. The Kier molecular flexibility index (Phi) is 6.18. The van der Waals surface area contributed by atoms with E-state index in [4.69, 9.17) is 5.73 Å². The highest BCUT2D eigenvalue weighted by Crippen LogP contribution is 2.26. The summed E-state index contributed by atoms with van der Waals surface area (Å²) in [5.74, 6) is -1.40. The van der Waals surface area contributed by atoms with E-state index in [2.05, 4.69) is 4.98 Å². The predicted octanol–water partition coefficient (Wildman–Crippen LogP) is 0.199. The van der Waals surface area contributed by atoms with Gasteiger partial charge in [-0.25, -0.2) is 13.2 Å². The average Bonchev–Trinajstić information content (AvgIpc) is 2.89. The lowest BCUT2D eigenvalue weighted by atomic mass is 10.1. The van der Waals surface area contributed by atoms with Gasteiger partial charge in [-0.3, -0.25) is 19.1 Å². The quantitative estimate of drug-likeness (QED) is 0.700. The molecule has 1 saturated heterocycles. The number of aromatic nitrogens is 2. The third kappa shape index (κ3) is 4.79. The molecule has 27 heavy (non-hydrogen) atoms. The van der Waals surface area contributed by atoms with Crippen LogP contribution in [0.2, 0.25) is 0 Å². The number of anilines is 2. The molecule has 9 nitrogen and oxygen atoms in total. The van der Waals surface area contributed by atoms with E-state index in [1.165, 1.54) is 9.47 Å². The van der Waals surface area contributed by atoms with Crippen LogP contribution in [0.3, 0.4) is 0 Å². The Morgan fingerprint density at radius 3 is 2.37 bits per heavy atom. The fraction of sp³-hybridized carbons (Fsp3) is 0.706. The summed E-state index contributed by atoms with van der Waals surface area (Å²) in [5.41, 5.74) is 4.67. The molecule has 1 fully saturated rings. The van der Waals surface area contributed by atoms with Crippen molar-refractivity contribution in [2.45, 2.75) is 40.7 Å². The molecule has 152 valence electrons. The number of hydrogen-bond donors (Lipinski definition) is 2. The van der Waals surface area contributed by atoms with Gasteiger partial charge in [-0.05, 0) is 18.3 Å². The van der Waals surface area contributed by atoms with Crippen molar-refractivity contribution in [3.05, 3.63) is 20.8 Å². The molecule has 0 bridgehead atoms. The summed E-state index contributed by atoms with van der Waals surface area (Å²) in [6.45, 7) is 8.03. The van der Waals surface area contributed by atoms with Crippen LogP contribution in [0.15, 0.2) is 9.59 Å². The Labute approximate surface area is 158 Å². The van der Waals surface area contributed by atoms with Gasteiger partial charge in [0.25, 0.3) is 5.56 Å². The molecular formula is C17H28N4O5S. The van der Waals surface area contributed by atoms with Crippen molar-refractivity contribution in [3.63, 3.8) is 0 Å². The number of nitrogens with two attached hydrogens (primary N) is 1. The molecule has 0 unspecified atom stereocenters. The normalized spacial score (nSPS) is 19.0. The fourth-order valence-electron chi connectivity index (χ4n) is 3.25. The van der Waals surface area contributed by atoms with Crippen LogP contribution in [0.1, 0.15) is 34.1 Å². The number of carbonyl (C=O) groups excluding carboxylic acids is 1. The second-order valence-corrected chi connectivity index (χ2v) is 10.2. The highest BCUT2D eigenvalue weighted by atomic mass is 32.2. The zero-order valence-electron chi connectivity index (χ0n) is 16.2. The van der Waals surface area contributed by atoms with Crippen LogP contribution in [0.4, 0.5) is 11.5 Å². The Morgan fingerprint density at radius 1 is 1.26 bits per heavy atom. The molecular weight excluding hydrogens is 372 g/mol. The molecule has 10 heteroatoms. The van der Waals surface area contributed by atoms with Gasteiger partial charge in [0.1, 0.15) is 5.82 Å². The van der Waals surface area contributed by atoms with Crippen LogP contribution < -0.4 is 21.9 Å². The van der Waals surface area contributed by atoms with Crippen molar-refractivity contribution < 1.29 is 13.2 Å². The smallest absolute Gasteiger partial charge is 0.330 e. The number of aromatic amines is 1. The standard InChI is InChI=1S/C17H28N4O5S/c1-10(2)7-20(16(23)12-5-6-27(25,26)9-12)13-14(18)21(8-11(3)4)17(24)19-15(13)22/h10-12H,5-9,18H2,1-4H3,(H,19,22,24)/t12-/m0/s1. The van der Waals surface area contributed by atoms with Crippen LogP contribution in [-0.4, -0.2) is 41.9 Å². The van der Waals surface area contributed by atoms with Crippen molar-refractivity contribution >= 4 is 27.2 Å². The van der Waals surface area contributed by atoms with Gasteiger partial charge in [-0.2, -0.15) is 0 Å². The molecule has 1 aliphatic rings. The number of nitrogens with one attached hydrogen (secondary N) is 1. The minimum absolute atomic E-state index is 0.0104. The maximum absolute atomic E-state index is 13.1. The van der Waals surface area contributed by atoms with Crippen molar-refractivity contribution in [2.24, 2.45) is 17.8 Å². The summed E-state index contributed by atoms with van der Waals surface area (Å²) in [4.78, 5) is 41.2. The van der Waals surface area contributed by atoms with Crippen LogP contribution in [0.25, 0.3) is 0 Å². The Balaban J connectivity index is 2.55. The first-order valence-electron chi connectivity index (χ1n) is 9.07.